The van der Waals surface area contributed by atoms with Crippen LogP contribution in [-0.4, -0.2) is 39.1 Å². The first-order chi connectivity index (χ1) is 10.1. The molecule has 120 valence electrons. The minimum absolute atomic E-state index is 0.0256. The van der Waals surface area contributed by atoms with Crippen molar-refractivity contribution in [2.75, 3.05) is 0 Å². The Morgan fingerprint density at radius 3 is 2.41 bits per heavy atom. The molecule has 6 heteroatoms. The molecule has 1 aliphatic rings. The van der Waals surface area contributed by atoms with Gasteiger partial charge in [-0.05, 0) is 52.7 Å². The number of carboxylic acid groups (broad SMARTS) is 1. The van der Waals surface area contributed by atoms with Gasteiger partial charge >= 0.3 is 5.97 Å². The third kappa shape index (κ3) is 3.82. The van der Waals surface area contributed by atoms with E-state index in [-0.39, 0.29) is 28.4 Å². The normalized spacial score (nSPS) is 20.4. The van der Waals surface area contributed by atoms with Crippen molar-refractivity contribution in [2.45, 2.75) is 57.7 Å². The molecule has 1 fully saturated rings. The molecule has 0 unspecified atom stereocenters. The quantitative estimate of drug-likeness (QED) is 0.792. The van der Waals surface area contributed by atoms with Crippen molar-refractivity contribution in [1.29, 1.82) is 0 Å². The first kappa shape index (κ1) is 16.4. The summed E-state index contributed by atoms with van der Waals surface area (Å²) in [6.45, 7) is 8.38. The summed E-state index contributed by atoms with van der Waals surface area (Å²) in [6.07, 6.45) is 2.98. The molecule has 1 aliphatic heterocycles. The summed E-state index contributed by atoms with van der Waals surface area (Å²) < 4.78 is 0. The molecule has 0 bridgehead atoms. The number of carbonyl (C=O) groups is 2. The van der Waals surface area contributed by atoms with Gasteiger partial charge in [-0.3, -0.25) is 9.78 Å². The van der Waals surface area contributed by atoms with Crippen LogP contribution in [0.2, 0.25) is 0 Å². The maximum Gasteiger partial charge on any atom is 0.338 e. The first-order valence-corrected chi connectivity index (χ1v) is 7.38. The summed E-state index contributed by atoms with van der Waals surface area (Å²) in [6, 6.07) is 2.87. The highest BCUT2D eigenvalue weighted by molar-refractivity contribution is 6.03. The molecule has 2 rings (SSSR count). The minimum Gasteiger partial charge on any atom is -0.478 e. The van der Waals surface area contributed by atoms with Gasteiger partial charge in [-0.1, -0.05) is 0 Å². The maximum absolute atomic E-state index is 12.4. The van der Waals surface area contributed by atoms with Crippen LogP contribution in [-0.2, 0) is 0 Å². The summed E-state index contributed by atoms with van der Waals surface area (Å²) in [7, 11) is 0. The number of carboxylic acids is 1. The molecular formula is C16H23N3O3. The summed E-state index contributed by atoms with van der Waals surface area (Å²) >= 11 is 0. The van der Waals surface area contributed by atoms with Crippen LogP contribution in [0.15, 0.2) is 18.3 Å². The van der Waals surface area contributed by atoms with E-state index in [1.807, 2.05) is 0 Å². The number of aromatic nitrogens is 1. The summed E-state index contributed by atoms with van der Waals surface area (Å²) in [4.78, 5) is 27.5. The SMILES string of the molecule is CC1(C)CC(NC(=O)c2ncccc2C(=O)O)CC(C)(C)N1. The van der Waals surface area contributed by atoms with Gasteiger partial charge in [0.15, 0.2) is 0 Å². The van der Waals surface area contributed by atoms with E-state index in [4.69, 9.17) is 5.11 Å². The summed E-state index contributed by atoms with van der Waals surface area (Å²) in [5.74, 6) is -1.58. The highest BCUT2D eigenvalue weighted by Gasteiger charge is 2.38. The molecule has 0 aliphatic carbocycles. The third-order valence-electron chi connectivity index (χ3n) is 3.78. The van der Waals surface area contributed by atoms with Crippen molar-refractivity contribution < 1.29 is 14.7 Å². The number of nitrogens with one attached hydrogen (secondary N) is 2. The number of rotatable bonds is 3. The summed E-state index contributed by atoms with van der Waals surface area (Å²) in [5, 5.41) is 15.6. The second kappa shape index (κ2) is 5.68. The van der Waals surface area contributed by atoms with Crippen molar-refractivity contribution in [3.63, 3.8) is 0 Å². The van der Waals surface area contributed by atoms with Crippen LogP contribution >= 0.6 is 0 Å². The molecule has 1 saturated heterocycles. The summed E-state index contributed by atoms with van der Waals surface area (Å²) in [5.41, 5.74) is -0.310. The van der Waals surface area contributed by atoms with Gasteiger partial charge in [0, 0.05) is 23.3 Å². The van der Waals surface area contributed by atoms with Crippen molar-refractivity contribution >= 4 is 11.9 Å². The lowest BCUT2D eigenvalue weighted by Gasteiger charge is -2.46. The van der Waals surface area contributed by atoms with Gasteiger partial charge in [0.2, 0.25) is 0 Å². The van der Waals surface area contributed by atoms with E-state index in [1.165, 1.54) is 18.3 Å². The second-order valence-electron chi connectivity index (χ2n) is 7.18. The van der Waals surface area contributed by atoms with Crippen molar-refractivity contribution in [1.82, 2.24) is 15.6 Å². The number of nitrogens with zero attached hydrogens (tertiary/aromatic N) is 1. The smallest absolute Gasteiger partial charge is 0.338 e. The third-order valence-corrected chi connectivity index (χ3v) is 3.78. The fraction of sp³-hybridized carbons (Fsp3) is 0.562. The minimum atomic E-state index is -1.15. The van der Waals surface area contributed by atoms with Gasteiger partial charge in [0.1, 0.15) is 5.69 Å². The van der Waals surface area contributed by atoms with Crippen LogP contribution in [0.1, 0.15) is 61.4 Å². The zero-order chi connectivity index (χ0) is 16.5. The Labute approximate surface area is 130 Å². The van der Waals surface area contributed by atoms with Gasteiger partial charge in [-0.25, -0.2) is 4.79 Å². The molecule has 22 heavy (non-hydrogen) atoms. The Balaban J connectivity index is 2.17. The molecule has 0 atom stereocenters. The maximum atomic E-state index is 12.4. The standard InChI is InChI=1S/C16H23N3O3/c1-15(2)8-10(9-16(3,4)19-15)18-13(20)12-11(14(21)22)6-5-7-17-12/h5-7,10,19H,8-9H2,1-4H3,(H,18,20)(H,21,22). The Kier molecular flexibility index (Phi) is 4.24. The number of amides is 1. The Bertz CT molecular complexity index is 580. The van der Waals surface area contributed by atoms with Crippen LogP contribution in [0.3, 0.4) is 0 Å². The number of aromatic carboxylic acids is 1. The highest BCUT2D eigenvalue weighted by Crippen LogP contribution is 2.28. The van der Waals surface area contributed by atoms with Crippen LogP contribution < -0.4 is 10.6 Å². The monoisotopic (exact) mass is 305 g/mol. The molecule has 1 amide bonds. The molecule has 0 spiro atoms. The molecule has 3 N–H and O–H groups in total. The molecule has 6 nitrogen and oxygen atoms in total. The molecule has 1 aromatic rings. The van der Waals surface area contributed by atoms with Gasteiger partial charge in [0.25, 0.3) is 5.91 Å². The average Bonchev–Trinajstić information content (AvgIpc) is 2.34. The topological polar surface area (TPSA) is 91.3 Å². The lowest BCUT2D eigenvalue weighted by Crippen LogP contribution is -2.62. The molecular weight excluding hydrogens is 282 g/mol. The van der Waals surface area contributed by atoms with Crippen LogP contribution in [0.4, 0.5) is 0 Å². The van der Waals surface area contributed by atoms with Gasteiger partial charge in [-0.2, -0.15) is 0 Å². The van der Waals surface area contributed by atoms with Gasteiger partial charge < -0.3 is 15.7 Å². The Hall–Kier alpha value is -1.95. The number of piperidine rings is 1. The lowest BCUT2D eigenvalue weighted by atomic mass is 9.79. The van der Waals surface area contributed by atoms with E-state index in [0.717, 1.165) is 12.8 Å². The highest BCUT2D eigenvalue weighted by atomic mass is 16.4. The van der Waals surface area contributed by atoms with E-state index in [0.29, 0.717) is 0 Å². The first-order valence-electron chi connectivity index (χ1n) is 7.38. The zero-order valence-electron chi connectivity index (χ0n) is 13.4. The fourth-order valence-corrected chi connectivity index (χ4v) is 3.44. The molecule has 0 aromatic carbocycles. The van der Waals surface area contributed by atoms with Crippen LogP contribution in [0, 0.1) is 0 Å². The zero-order valence-corrected chi connectivity index (χ0v) is 13.4. The predicted molar refractivity (Wildman–Crippen MR) is 83.0 cm³/mol. The number of carbonyl (C=O) groups excluding carboxylic acids is 1. The number of pyridine rings is 1. The Morgan fingerprint density at radius 1 is 1.27 bits per heavy atom. The molecule has 0 radical (unpaired) electrons. The second-order valence-corrected chi connectivity index (χ2v) is 7.18. The van der Waals surface area contributed by atoms with E-state index < -0.39 is 11.9 Å². The predicted octanol–water partition coefficient (Wildman–Crippen LogP) is 1.82. The lowest BCUT2D eigenvalue weighted by molar-refractivity contribution is 0.0686. The van der Waals surface area contributed by atoms with Crippen molar-refractivity contribution in [2.24, 2.45) is 0 Å². The van der Waals surface area contributed by atoms with E-state index in [2.05, 4.69) is 43.3 Å². The number of hydrogen-bond donors (Lipinski definition) is 3. The molecule has 2 heterocycles. The van der Waals surface area contributed by atoms with Crippen molar-refractivity contribution in [3.05, 3.63) is 29.6 Å². The van der Waals surface area contributed by atoms with Gasteiger partial charge in [0.05, 0.1) is 5.56 Å². The van der Waals surface area contributed by atoms with E-state index >= 15 is 0 Å². The largest absolute Gasteiger partial charge is 0.478 e. The van der Waals surface area contributed by atoms with Crippen LogP contribution in [0.25, 0.3) is 0 Å². The van der Waals surface area contributed by atoms with E-state index in [9.17, 15) is 9.59 Å². The fourth-order valence-electron chi connectivity index (χ4n) is 3.44. The number of hydrogen-bond acceptors (Lipinski definition) is 4. The molecule has 1 aromatic heterocycles. The Morgan fingerprint density at radius 2 is 1.86 bits per heavy atom. The van der Waals surface area contributed by atoms with E-state index in [1.54, 1.807) is 0 Å². The van der Waals surface area contributed by atoms with Crippen LogP contribution in [0.5, 0.6) is 0 Å². The van der Waals surface area contributed by atoms with Gasteiger partial charge in [-0.15, -0.1) is 0 Å². The van der Waals surface area contributed by atoms with Crippen molar-refractivity contribution in [3.8, 4) is 0 Å². The average molecular weight is 305 g/mol. The molecule has 0 saturated carbocycles.